The fourth-order valence-corrected chi connectivity index (χ4v) is 3.01. The molecule has 2 heterocycles. The number of hydrogen-bond acceptors (Lipinski definition) is 3. The molecule has 0 unspecified atom stereocenters. The second-order valence-corrected chi connectivity index (χ2v) is 6.09. The lowest BCUT2D eigenvalue weighted by atomic mass is 10.0. The van der Waals surface area contributed by atoms with Crippen molar-refractivity contribution in [3.05, 3.63) is 72.1 Å². The number of aromatic nitrogens is 1. The molecule has 23 heavy (non-hydrogen) atoms. The molecule has 1 fully saturated rings. The van der Waals surface area contributed by atoms with E-state index >= 15 is 0 Å². The van der Waals surface area contributed by atoms with Crippen molar-refractivity contribution in [2.24, 2.45) is 0 Å². The van der Waals surface area contributed by atoms with Crippen LogP contribution in [0.3, 0.4) is 0 Å². The number of piperidine rings is 1. The van der Waals surface area contributed by atoms with Crippen molar-refractivity contribution >= 4 is 6.08 Å². The number of nitrogens with one attached hydrogen (secondary N) is 1. The van der Waals surface area contributed by atoms with Crippen molar-refractivity contribution in [3.63, 3.8) is 0 Å². The summed E-state index contributed by atoms with van der Waals surface area (Å²) in [6.07, 6.45) is 8.71. The standard InChI is InChI=1S/C20H25N3/c1-2-7-18(8-3-1)9-6-14-21-19-11-15-23(16-12-19)17-20-10-4-5-13-22-20/h1-10,13,19,21H,11-12,14-17H2/b9-6+. The Balaban J connectivity index is 1.35. The summed E-state index contributed by atoms with van der Waals surface area (Å²) in [5, 5.41) is 3.65. The van der Waals surface area contributed by atoms with Gasteiger partial charge in [0.05, 0.1) is 5.69 Å². The van der Waals surface area contributed by atoms with Gasteiger partial charge in [0, 0.05) is 38.4 Å². The van der Waals surface area contributed by atoms with Gasteiger partial charge in [-0.3, -0.25) is 9.88 Å². The van der Waals surface area contributed by atoms with Crippen LogP contribution in [0.15, 0.2) is 60.8 Å². The smallest absolute Gasteiger partial charge is 0.0543 e. The van der Waals surface area contributed by atoms with E-state index in [0.717, 1.165) is 26.2 Å². The lowest BCUT2D eigenvalue weighted by Gasteiger charge is -2.32. The number of benzene rings is 1. The normalized spacial score (nSPS) is 16.9. The quantitative estimate of drug-likeness (QED) is 0.887. The molecule has 1 aliphatic rings. The Morgan fingerprint density at radius 1 is 1.04 bits per heavy atom. The fourth-order valence-electron chi connectivity index (χ4n) is 3.01. The van der Waals surface area contributed by atoms with E-state index < -0.39 is 0 Å². The van der Waals surface area contributed by atoms with Gasteiger partial charge in [0.25, 0.3) is 0 Å². The van der Waals surface area contributed by atoms with Gasteiger partial charge in [0.2, 0.25) is 0 Å². The van der Waals surface area contributed by atoms with E-state index in [9.17, 15) is 0 Å². The monoisotopic (exact) mass is 307 g/mol. The highest BCUT2D eigenvalue weighted by Crippen LogP contribution is 2.12. The van der Waals surface area contributed by atoms with E-state index in [1.54, 1.807) is 0 Å². The first-order valence-electron chi connectivity index (χ1n) is 8.47. The lowest BCUT2D eigenvalue weighted by Crippen LogP contribution is -2.42. The van der Waals surface area contributed by atoms with Crippen LogP contribution in [0.1, 0.15) is 24.1 Å². The summed E-state index contributed by atoms with van der Waals surface area (Å²) in [6.45, 7) is 4.22. The predicted molar refractivity (Wildman–Crippen MR) is 96.0 cm³/mol. The molecule has 2 aromatic rings. The van der Waals surface area contributed by atoms with Gasteiger partial charge in [0.1, 0.15) is 0 Å². The van der Waals surface area contributed by atoms with Crippen LogP contribution in [-0.2, 0) is 6.54 Å². The van der Waals surface area contributed by atoms with Gasteiger partial charge in [0.15, 0.2) is 0 Å². The van der Waals surface area contributed by atoms with E-state index in [4.69, 9.17) is 0 Å². The van der Waals surface area contributed by atoms with Gasteiger partial charge in [-0.25, -0.2) is 0 Å². The van der Waals surface area contributed by atoms with Crippen molar-refractivity contribution in [2.45, 2.75) is 25.4 Å². The first-order valence-corrected chi connectivity index (χ1v) is 8.47. The number of rotatable bonds is 6. The van der Waals surface area contributed by atoms with Crippen molar-refractivity contribution in [3.8, 4) is 0 Å². The number of hydrogen-bond donors (Lipinski definition) is 1. The molecule has 1 aromatic carbocycles. The highest BCUT2D eigenvalue weighted by molar-refractivity contribution is 5.48. The van der Waals surface area contributed by atoms with Gasteiger partial charge < -0.3 is 5.32 Å². The zero-order valence-electron chi connectivity index (χ0n) is 13.6. The Morgan fingerprint density at radius 3 is 2.57 bits per heavy atom. The van der Waals surface area contributed by atoms with Crippen molar-refractivity contribution < 1.29 is 0 Å². The molecule has 3 heteroatoms. The van der Waals surface area contributed by atoms with Crippen LogP contribution >= 0.6 is 0 Å². The lowest BCUT2D eigenvalue weighted by molar-refractivity contribution is 0.191. The molecule has 120 valence electrons. The molecule has 1 N–H and O–H groups in total. The van der Waals surface area contributed by atoms with Crippen LogP contribution < -0.4 is 5.32 Å². The summed E-state index contributed by atoms with van der Waals surface area (Å²) in [4.78, 5) is 6.92. The van der Waals surface area contributed by atoms with E-state index in [1.807, 2.05) is 18.3 Å². The van der Waals surface area contributed by atoms with Crippen LogP contribution in [0.4, 0.5) is 0 Å². The van der Waals surface area contributed by atoms with Gasteiger partial charge in [-0.05, 0) is 30.5 Å². The minimum Gasteiger partial charge on any atom is -0.310 e. The third-order valence-corrected chi connectivity index (χ3v) is 4.33. The van der Waals surface area contributed by atoms with Crippen LogP contribution in [0.5, 0.6) is 0 Å². The Labute approximate surface area is 139 Å². The molecule has 3 nitrogen and oxygen atoms in total. The third-order valence-electron chi connectivity index (χ3n) is 4.33. The van der Waals surface area contributed by atoms with Crippen molar-refractivity contribution in [1.29, 1.82) is 0 Å². The molecule has 1 aromatic heterocycles. The summed E-state index contributed by atoms with van der Waals surface area (Å²) in [5.74, 6) is 0. The molecule has 3 rings (SSSR count). The van der Waals surface area contributed by atoms with Crippen molar-refractivity contribution in [1.82, 2.24) is 15.2 Å². The number of nitrogens with zero attached hydrogens (tertiary/aromatic N) is 2. The second-order valence-electron chi connectivity index (χ2n) is 6.09. The molecule has 0 bridgehead atoms. The van der Waals surface area contributed by atoms with E-state index in [-0.39, 0.29) is 0 Å². The maximum Gasteiger partial charge on any atom is 0.0543 e. The molecule has 0 atom stereocenters. The minimum atomic E-state index is 0.635. The van der Waals surface area contributed by atoms with Crippen LogP contribution in [0.25, 0.3) is 6.08 Å². The van der Waals surface area contributed by atoms with Crippen LogP contribution in [-0.4, -0.2) is 35.6 Å². The van der Waals surface area contributed by atoms with E-state index in [2.05, 4.69) is 63.8 Å². The highest BCUT2D eigenvalue weighted by Gasteiger charge is 2.18. The first-order chi connectivity index (χ1) is 11.4. The molecule has 0 saturated carbocycles. The fraction of sp³-hybridized carbons (Fsp3) is 0.350. The van der Waals surface area contributed by atoms with Gasteiger partial charge in [-0.1, -0.05) is 48.6 Å². The summed E-state index contributed by atoms with van der Waals surface area (Å²) < 4.78 is 0. The van der Waals surface area contributed by atoms with Crippen LogP contribution in [0.2, 0.25) is 0 Å². The predicted octanol–water partition coefficient (Wildman–Crippen LogP) is 3.35. The maximum atomic E-state index is 4.41. The molecule has 1 saturated heterocycles. The van der Waals surface area contributed by atoms with Gasteiger partial charge >= 0.3 is 0 Å². The van der Waals surface area contributed by atoms with Gasteiger partial charge in [-0.2, -0.15) is 0 Å². The largest absolute Gasteiger partial charge is 0.310 e. The summed E-state index contributed by atoms with van der Waals surface area (Å²) in [6, 6.07) is 17.2. The molecule has 0 radical (unpaired) electrons. The summed E-state index contributed by atoms with van der Waals surface area (Å²) in [7, 11) is 0. The Hall–Kier alpha value is -1.97. The van der Waals surface area contributed by atoms with E-state index in [0.29, 0.717) is 6.04 Å². The SMILES string of the molecule is C(=C\c1ccccc1)/CNC1CCN(Cc2ccccn2)CC1. The third kappa shape index (κ3) is 5.31. The molecule has 0 aliphatic carbocycles. The van der Waals surface area contributed by atoms with E-state index in [1.165, 1.54) is 24.1 Å². The second kappa shape index (κ2) is 8.61. The van der Waals surface area contributed by atoms with Crippen molar-refractivity contribution in [2.75, 3.05) is 19.6 Å². The molecular weight excluding hydrogens is 282 g/mol. The minimum absolute atomic E-state index is 0.635. The average molecular weight is 307 g/mol. The molecular formula is C20H25N3. The molecule has 0 amide bonds. The Kier molecular flexibility index (Phi) is 5.95. The van der Waals surface area contributed by atoms with Gasteiger partial charge in [-0.15, -0.1) is 0 Å². The Morgan fingerprint density at radius 2 is 1.83 bits per heavy atom. The van der Waals surface area contributed by atoms with Crippen LogP contribution in [0, 0.1) is 0 Å². The summed E-state index contributed by atoms with van der Waals surface area (Å²) >= 11 is 0. The summed E-state index contributed by atoms with van der Waals surface area (Å²) in [5.41, 5.74) is 2.43. The topological polar surface area (TPSA) is 28.2 Å². The first kappa shape index (κ1) is 15.9. The number of pyridine rings is 1. The maximum absolute atomic E-state index is 4.41. The molecule has 0 spiro atoms. The highest BCUT2D eigenvalue weighted by atomic mass is 15.1. The molecule has 1 aliphatic heterocycles. The Bertz CT molecular complexity index is 587. The number of likely N-dealkylation sites (tertiary alicyclic amines) is 1. The zero-order valence-corrected chi connectivity index (χ0v) is 13.6. The zero-order chi connectivity index (χ0) is 15.7. The average Bonchev–Trinajstić information content (AvgIpc) is 2.62.